The Kier molecular flexibility index (Phi) is 5.77. The van der Waals surface area contributed by atoms with E-state index in [9.17, 15) is 4.79 Å². The molecule has 1 N–H and O–H groups in total. The Labute approximate surface area is 98.3 Å². The minimum Gasteiger partial charge on any atom is -0.379 e. The number of carbonyl (C=O) groups is 1. The highest BCUT2D eigenvalue weighted by Crippen LogP contribution is 2.16. The predicted octanol–water partition coefficient (Wildman–Crippen LogP) is 0.869. The second-order valence-corrected chi connectivity index (χ2v) is 4.42. The molecule has 0 aromatic carbocycles. The summed E-state index contributed by atoms with van der Waals surface area (Å²) in [5.74, 6) is 0.221. The maximum absolute atomic E-state index is 12.1. The number of ether oxygens (including phenoxy) is 1. The van der Waals surface area contributed by atoms with E-state index in [1.165, 1.54) is 0 Å². The first-order chi connectivity index (χ1) is 7.70. The number of hydrogen-bond donors (Lipinski definition) is 1. The minimum absolute atomic E-state index is 0.00167. The Morgan fingerprint density at radius 1 is 1.44 bits per heavy atom. The summed E-state index contributed by atoms with van der Waals surface area (Å²) >= 11 is 0. The third-order valence-corrected chi connectivity index (χ3v) is 3.09. The molecule has 4 nitrogen and oxygen atoms in total. The van der Waals surface area contributed by atoms with Crippen molar-refractivity contribution in [2.24, 2.45) is 5.92 Å². The van der Waals surface area contributed by atoms with Gasteiger partial charge in [0.05, 0.1) is 19.1 Å². The predicted molar refractivity (Wildman–Crippen MR) is 64.3 cm³/mol. The molecular weight excluding hydrogens is 204 g/mol. The van der Waals surface area contributed by atoms with Crippen molar-refractivity contribution in [1.82, 2.24) is 10.2 Å². The SMILES string of the molecule is CCCCN(C)C(=O)C1COCC1NCC. The van der Waals surface area contributed by atoms with Gasteiger partial charge in [-0.15, -0.1) is 0 Å². The van der Waals surface area contributed by atoms with Crippen molar-refractivity contribution < 1.29 is 9.53 Å². The molecular formula is C12H24N2O2. The van der Waals surface area contributed by atoms with Crippen molar-refractivity contribution in [2.75, 3.05) is 33.4 Å². The van der Waals surface area contributed by atoms with Gasteiger partial charge in [0.25, 0.3) is 0 Å². The minimum atomic E-state index is 0.00167. The third-order valence-electron chi connectivity index (χ3n) is 3.09. The fourth-order valence-corrected chi connectivity index (χ4v) is 2.05. The van der Waals surface area contributed by atoms with Gasteiger partial charge in [0, 0.05) is 19.6 Å². The molecule has 0 saturated carbocycles. The maximum atomic E-state index is 12.1. The fourth-order valence-electron chi connectivity index (χ4n) is 2.05. The van der Waals surface area contributed by atoms with Crippen molar-refractivity contribution in [3.63, 3.8) is 0 Å². The number of hydrogen-bond acceptors (Lipinski definition) is 3. The summed E-state index contributed by atoms with van der Waals surface area (Å²) in [5, 5.41) is 3.31. The molecule has 2 unspecified atom stereocenters. The number of unbranched alkanes of at least 4 members (excludes halogenated alkanes) is 1. The zero-order valence-electron chi connectivity index (χ0n) is 10.7. The maximum Gasteiger partial charge on any atom is 0.229 e. The number of amides is 1. The lowest BCUT2D eigenvalue weighted by Gasteiger charge is -2.24. The fraction of sp³-hybridized carbons (Fsp3) is 0.917. The second-order valence-electron chi connectivity index (χ2n) is 4.42. The molecule has 1 saturated heterocycles. The van der Waals surface area contributed by atoms with E-state index < -0.39 is 0 Å². The lowest BCUT2D eigenvalue weighted by Crippen LogP contribution is -2.44. The van der Waals surface area contributed by atoms with Crippen LogP contribution in [-0.4, -0.2) is 50.2 Å². The first kappa shape index (κ1) is 13.5. The summed E-state index contributed by atoms with van der Waals surface area (Å²) in [5.41, 5.74) is 0. The summed E-state index contributed by atoms with van der Waals surface area (Å²) in [6.07, 6.45) is 2.19. The monoisotopic (exact) mass is 228 g/mol. The molecule has 0 aromatic heterocycles. The van der Waals surface area contributed by atoms with Crippen molar-refractivity contribution in [3.8, 4) is 0 Å². The molecule has 16 heavy (non-hydrogen) atoms. The molecule has 1 heterocycles. The van der Waals surface area contributed by atoms with Gasteiger partial charge in [0.1, 0.15) is 0 Å². The number of carbonyl (C=O) groups excluding carboxylic acids is 1. The molecule has 0 aliphatic carbocycles. The van der Waals surface area contributed by atoms with Crippen LogP contribution in [0.25, 0.3) is 0 Å². The smallest absolute Gasteiger partial charge is 0.229 e. The Morgan fingerprint density at radius 3 is 2.81 bits per heavy atom. The summed E-state index contributed by atoms with van der Waals surface area (Å²) in [7, 11) is 1.89. The largest absolute Gasteiger partial charge is 0.379 e. The first-order valence-corrected chi connectivity index (χ1v) is 6.26. The molecule has 0 radical (unpaired) electrons. The van der Waals surface area contributed by atoms with Crippen LogP contribution in [0.1, 0.15) is 26.7 Å². The van der Waals surface area contributed by atoms with Crippen LogP contribution in [0.4, 0.5) is 0 Å². The van der Waals surface area contributed by atoms with E-state index >= 15 is 0 Å². The van der Waals surface area contributed by atoms with Gasteiger partial charge >= 0.3 is 0 Å². The van der Waals surface area contributed by atoms with Gasteiger partial charge < -0.3 is 15.0 Å². The van der Waals surface area contributed by atoms with E-state index in [0.717, 1.165) is 25.9 Å². The number of nitrogens with one attached hydrogen (secondary N) is 1. The van der Waals surface area contributed by atoms with E-state index in [1.54, 1.807) is 0 Å². The van der Waals surface area contributed by atoms with Gasteiger partial charge in [-0.2, -0.15) is 0 Å². The lowest BCUT2D eigenvalue weighted by molar-refractivity contribution is -0.134. The van der Waals surface area contributed by atoms with Crippen molar-refractivity contribution >= 4 is 5.91 Å². The van der Waals surface area contributed by atoms with Crippen LogP contribution in [0, 0.1) is 5.92 Å². The van der Waals surface area contributed by atoms with Gasteiger partial charge in [0.15, 0.2) is 0 Å². The highest BCUT2D eigenvalue weighted by Gasteiger charge is 2.34. The quantitative estimate of drug-likeness (QED) is 0.733. The Bertz CT molecular complexity index is 221. The van der Waals surface area contributed by atoms with Crippen LogP contribution in [0.15, 0.2) is 0 Å². The summed E-state index contributed by atoms with van der Waals surface area (Å²) in [6, 6.07) is 0.196. The van der Waals surface area contributed by atoms with Crippen LogP contribution in [0.5, 0.6) is 0 Å². The number of nitrogens with zero attached hydrogens (tertiary/aromatic N) is 1. The molecule has 1 rings (SSSR count). The van der Waals surface area contributed by atoms with Crippen molar-refractivity contribution in [2.45, 2.75) is 32.7 Å². The topological polar surface area (TPSA) is 41.6 Å². The summed E-state index contributed by atoms with van der Waals surface area (Å²) < 4.78 is 5.39. The third kappa shape index (κ3) is 3.46. The van der Waals surface area contributed by atoms with Gasteiger partial charge in [-0.05, 0) is 13.0 Å². The van der Waals surface area contributed by atoms with Crippen LogP contribution in [0.3, 0.4) is 0 Å². The normalized spacial score (nSPS) is 24.7. The Morgan fingerprint density at radius 2 is 2.19 bits per heavy atom. The van der Waals surface area contributed by atoms with Crippen LogP contribution in [-0.2, 0) is 9.53 Å². The molecule has 1 aliphatic heterocycles. The standard InChI is InChI=1S/C12H24N2O2/c1-4-6-7-14(3)12(15)10-8-16-9-11(10)13-5-2/h10-11,13H,4-9H2,1-3H3. The van der Waals surface area contributed by atoms with Crippen LogP contribution >= 0.6 is 0 Å². The van der Waals surface area contributed by atoms with E-state index in [2.05, 4.69) is 19.2 Å². The molecule has 0 spiro atoms. The summed E-state index contributed by atoms with van der Waals surface area (Å²) in [4.78, 5) is 14.0. The van der Waals surface area contributed by atoms with Crippen molar-refractivity contribution in [1.29, 1.82) is 0 Å². The highest BCUT2D eigenvalue weighted by atomic mass is 16.5. The molecule has 0 bridgehead atoms. The van der Waals surface area contributed by atoms with Crippen LogP contribution < -0.4 is 5.32 Å². The molecule has 0 aromatic rings. The van der Waals surface area contributed by atoms with Crippen molar-refractivity contribution in [3.05, 3.63) is 0 Å². The molecule has 1 fully saturated rings. The van der Waals surface area contributed by atoms with Gasteiger partial charge in [-0.3, -0.25) is 4.79 Å². The molecule has 1 amide bonds. The van der Waals surface area contributed by atoms with Gasteiger partial charge in [-0.1, -0.05) is 20.3 Å². The summed E-state index contributed by atoms with van der Waals surface area (Å²) in [6.45, 7) is 7.15. The van der Waals surface area contributed by atoms with E-state index in [4.69, 9.17) is 4.74 Å². The molecule has 4 heteroatoms. The van der Waals surface area contributed by atoms with Gasteiger partial charge in [-0.25, -0.2) is 0 Å². The first-order valence-electron chi connectivity index (χ1n) is 6.26. The second kappa shape index (κ2) is 6.86. The van der Waals surface area contributed by atoms with E-state index in [0.29, 0.717) is 13.2 Å². The number of likely N-dealkylation sites (N-methyl/N-ethyl adjacent to an activating group) is 1. The van der Waals surface area contributed by atoms with Crippen LogP contribution in [0.2, 0.25) is 0 Å². The average molecular weight is 228 g/mol. The average Bonchev–Trinajstić information content (AvgIpc) is 2.73. The molecule has 94 valence electrons. The Hall–Kier alpha value is -0.610. The van der Waals surface area contributed by atoms with Gasteiger partial charge in [0.2, 0.25) is 5.91 Å². The molecule has 1 aliphatic rings. The Balaban J connectivity index is 2.45. The molecule has 2 atom stereocenters. The highest BCUT2D eigenvalue weighted by molar-refractivity contribution is 5.79. The zero-order chi connectivity index (χ0) is 12.0. The number of rotatable bonds is 6. The van der Waals surface area contributed by atoms with E-state index in [1.807, 2.05) is 11.9 Å². The van der Waals surface area contributed by atoms with E-state index in [-0.39, 0.29) is 17.9 Å². The lowest BCUT2D eigenvalue weighted by atomic mass is 10.0. The zero-order valence-corrected chi connectivity index (χ0v) is 10.7.